The highest BCUT2D eigenvalue weighted by atomic mass is 16.5. The van der Waals surface area contributed by atoms with Crippen LogP contribution in [0.2, 0.25) is 0 Å². The molecule has 0 radical (unpaired) electrons. The number of benzene rings is 2. The summed E-state index contributed by atoms with van der Waals surface area (Å²) >= 11 is 0. The molecule has 0 atom stereocenters. The Morgan fingerprint density at radius 2 is 1.60 bits per heavy atom. The lowest BCUT2D eigenvalue weighted by molar-refractivity contribution is 0.103. The smallest absolute Gasteiger partial charge is 0.203 e. The van der Waals surface area contributed by atoms with Gasteiger partial charge < -0.3 is 28.4 Å². The highest BCUT2D eigenvalue weighted by molar-refractivity contribution is 6.17. The van der Waals surface area contributed by atoms with Crippen LogP contribution in [-0.2, 0) is 6.54 Å². The Kier molecular flexibility index (Phi) is 6.52. The van der Waals surface area contributed by atoms with E-state index < -0.39 is 0 Å². The predicted octanol–water partition coefficient (Wildman–Crippen LogP) is 3.47. The van der Waals surface area contributed by atoms with Crippen LogP contribution in [0.25, 0.3) is 10.9 Å². The maximum Gasteiger partial charge on any atom is 0.203 e. The molecule has 0 aliphatic rings. The topological polar surface area (TPSA) is 62.2 Å². The van der Waals surface area contributed by atoms with Crippen LogP contribution in [0.1, 0.15) is 15.9 Å². The van der Waals surface area contributed by atoms with Crippen molar-refractivity contribution < 1.29 is 23.7 Å². The molecule has 7 nitrogen and oxygen atoms in total. The fourth-order valence-corrected chi connectivity index (χ4v) is 3.44. The van der Waals surface area contributed by atoms with Gasteiger partial charge in [-0.15, -0.1) is 0 Å². The van der Waals surface area contributed by atoms with Gasteiger partial charge in [0.25, 0.3) is 0 Å². The lowest BCUT2D eigenvalue weighted by Crippen LogP contribution is -2.18. The normalized spacial score (nSPS) is 11.0. The third-order valence-corrected chi connectivity index (χ3v) is 5.05. The van der Waals surface area contributed by atoms with E-state index in [0.29, 0.717) is 28.4 Å². The number of methoxy groups -OCH3 is 4. The lowest BCUT2D eigenvalue weighted by atomic mass is 10.0. The third-order valence-electron chi connectivity index (χ3n) is 5.05. The SMILES string of the molecule is COc1ccc2c(C(=O)c3cc(OC)c(OC)c(OC)c3)cn(CCN(C)C)c2c1. The van der Waals surface area contributed by atoms with E-state index in [9.17, 15) is 4.79 Å². The number of likely N-dealkylation sites (N-methyl/N-ethyl adjacent to an activating group) is 1. The van der Waals surface area contributed by atoms with Crippen LogP contribution in [0.5, 0.6) is 23.0 Å². The van der Waals surface area contributed by atoms with Gasteiger partial charge in [0.15, 0.2) is 17.3 Å². The molecule has 0 N–H and O–H groups in total. The zero-order valence-corrected chi connectivity index (χ0v) is 18.3. The molecule has 0 aliphatic heterocycles. The standard InChI is InChI=1S/C23H28N2O5/c1-24(2)9-10-25-14-18(17-8-7-16(27-3)13-19(17)25)22(26)15-11-20(28-4)23(30-6)21(12-15)29-5/h7-8,11-14H,9-10H2,1-6H3. The zero-order valence-electron chi connectivity index (χ0n) is 18.3. The van der Waals surface area contributed by atoms with Crippen molar-refractivity contribution in [2.45, 2.75) is 6.54 Å². The van der Waals surface area contributed by atoms with E-state index in [2.05, 4.69) is 9.47 Å². The number of nitrogens with zero attached hydrogens (tertiary/aromatic N) is 2. The minimum Gasteiger partial charge on any atom is -0.497 e. The third kappa shape index (κ3) is 4.07. The van der Waals surface area contributed by atoms with Crippen LogP contribution >= 0.6 is 0 Å². The quantitative estimate of drug-likeness (QED) is 0.502. The van der Waals surface area contributed by atoms with Gasteiger partial charge in [-0.3, -0.25) is 4.79 Å². The molecule has 0 fully saturated rings. The lowest BCUT2D eigenvalue weighted by Gasteiger charge is -2.13. The highest BCUT2D eigenvalue weighted by Gasteiger charge is 2.21. The summed E-state index contributed by atoms with van der Waals surface area (Å²) in [6.07, 6.45) is 1.90. The molecule has 0 saturated carbocycles. The van der Waals surface area contributed by atoms with Crippen LogP contribution in [0, 0.1) is 0 Å². The highest BCUT2D eigenvalue weighted by Crippen LogP contribution is 2.39. The molecule has 7 heteroatoms. The molecule has 1 aromatic heterocycles. The Morgan fingerprint density at radius 3 is 2.13 bits per heavy atom. The number of ketones is 1. The molecule has 0 aliphatic carbocycles. The molecule has 3 rings (SSSR count). The fraction of sp³-hybridized carbons (Fsp3) is 0.348. The van der Waals surface area contributed by atoms with Crippen LogP contribution in [-0.4, -0.2) is 64.3 Å². The van der Waals surface area contributed by atoms with Gasteiger partial charge >= 0.3 is 0 Å². The summed E-state index contributed by atoms with van der Waals surface area (Å²) in [5, 5.41) is 0.869. The van der Waals surface area contributed by atoms with E-state index in [4.69, 9.17) is 18.9 Å². The Bertz CT molecular complexity index is 1030. The van der Waals surface area contributed by atoms with Crippen LogP contribution in [0.4, 0.5) is 0 Å². The Hall–Kier alpha value is -3.19. The molecule has 0 unspecified atom stereocenters. The van der Waals surface area contributed by atoms with Crippen LogP contribution < -0.4 is 18.9 Å². The van der Waals surface area contributed by atoms with Gasteiger partial charge in [0.05, 0.1) is 34.0 Å². The molecular formula is C23H28N2O5. The minimum absolute atomic E-state index is 0.118. The monoisotopic (exact) mass is 412 g/mol. The second-order valence-corrected chi connectivity index (χ2v) is 7.17. The van der Waals surface area contributed by atoms with Crippen molar-refractivity contribution >= 4 is 16.7 Å². The van der Waals surface area contributed by atoms with E-state index in [1.807, 2.05) is 38.5 Å². The van der Waals surface area contributed by atoms with Crippen molar-refractivity contribution in [3.63, 3.8) is 0 Å². The van der Waals surface area contributed by atoms with Crippen LogP contribution in [0.15, 0.2) is 36.5 Å². The Labute approximate surface area is 176 Å². The van der Waals surface area contributed by atoms with E-state index in [1.54, 1.807) is 19.2 Å². The summed E-state index contributed by atoms with van der Waals surface area (Å²) < 4.78 is 23.7. The molecule has 0 spiro atoms. The van der Waals surface area contributed by atoms with Gasteiger partial charge in [0.2, 0.25) is 5.75 Å². The number of carbonyl (C=O) groups excluding carboxylic acids is 1. The van der Waals surface area contributed by atoms with Crippen molar-refractivity contribution in [3.05, 3.63) is 47.7 Å². The number of aromatic nitrogens is 1. The van der Waals surface area contributed by atoms with E-state index >= 15 is 0 Å². The van der Waals surface area contributed by atoms with Crippen molar-refractivity contribution in [3.8, 4) is 23.0 Å². The van der Waals surface area contributed by atoms with Crippen LogP contribution in [0.3, 0.4) is 0 Å². The van der Waals surface area contributed by atoms with Crippen molar-refractivity contribution in [2.75, 3.05) is 49.1 Å². The number of rotatable bonds is 9. The predicted molar refractivity (Wildman–Crippen MR) is 117 cm³/mol. The van der Waals surface area contributed by atoms with E-state index in [-0.39, 0.29) is 5.78 Å². The first-order chi connectivity index (χ1) is 14.4. The summed E-state index contributed by atoms with van der Waals surface area (Å²) in [6, 6.07) is 9.10. The number of carbonyl (C=O) groups is 1. The van der Waals surface area contributed by atoms with Gasteiger partial charge in [0, 0.05) is 41.9 Å². The summed E-state index contributed by atoms with van der Waals surface area (Å²) in [4.78, 5) is 15.6. The molecule has 0 saturated heterocycles. The second kappa shape index (κ2) is 9.09. The number of ether oxygens (including phenoxy) is 4. The van der Waals surface area contributed by atoms with Gasteiger partial charge in [-0.2, -0.15) is 0 Å². The molecule has 30 heavy (non-hydrogen) atoms. The van der Waals surface area contributed by atoms with Gasteiger partial charge in [-0.05, 0) is 38.4 Å². The largest absolute Gasteiger partial charge is 0.497 e. The summed E-state index contributed by atoms with van der Waals surface area (Å²) in [6.45, 7) is 1.60. The minimum atomic E-state index is -0.118. The van der Waals surface area contributed by atoms with Gasteiger partial charge in [-0.25, -0.2) is 0 Å². The molecule has 0 bridgehead atoms. The van der Waals surface area contributed by atoms with Crippen molar-refractivity contribution in [1.82, 2.24) is 9.47 Å². The van der Waals surface area contributed by atoms with E-state index in [1.165, 1.54) is 21.3 Å². The molecule has 3 aromatic rings. The van der Waals surface area contributed by atoms with Crippen molar-refractivity contribution in [2.24, 2.45) is 0 Å². The summed E-state index contributed by atoms with van der Waals surface area (Å²) in [5.74, 6) is 1.97. The summed E-state index contributed by atoms with van der Waals surface area (Å²) in [5.41, 5.74) is 2.03. The number of hydrogen-bond acceptors (Lipinski definition) is 6. The Balaban J connectivity index is 2.13. The zero-order chi connectivity index (χ0) is 21.8. The fourth-order valence-electron chi connectivity index (χ4n) is 3.44. The molecule has 1 heterocycles. The average Bonchev–Trinajstić information content (AvgIpc) is 3.13. The molecule has 0 amide bonds. The first-order valence-electron chi connectivity index (χ1n) is 9.59. The Morgan fingerprint density at radius 1 is 0.933 bits per heavy atom. The molecule has 160 valence electrons. The summed E-state index contributed by atoms with van der Waals surface area (Å²) in [7, 11) is 10.3. The second-order valence-electron chi connectivity index (χ2n) is 7.17. The number of hydrogen-bond donors (Lipinski definition) is 0. The maximum atomic E-state index is 13.5. The maximum absolute atomic E-state index is 13.5. The van der Waals surface area contributed by atoms with E-state index in [0.717, 1.165) is 29.7 Å². The number of fused-ring (bicyclic) bond motifs is 1. The molecule has 2 aromatic carbocycles. The van der Waals surface area contributed by atoms with Gasteiger partial charge in [0.1, 0.15) is 5.75 Å². The molecular weight excluding hydrogens is 384 g/mol. The average molecular weight is 412 g/mol. The van der Waals surface area contributed by atoms with Crippen molar-refractivity contribution in [1.29, 1.82) is 0 Å². The van der Waals surface area contributed by atoms with Gasteiger partial charge in [-0.1, -0.05) is 0 Å². The first-order valence-corrected chi connectivity index (χ1v) is 9.59. The first kappa shape index (κ1) is 21.5.